The first-order valence-corrected chi connectivity index (χ1v) is 11.2. The molecule has 2 fully saturated rings. The highest BCUT2D eigenvalue weighted by atomic mass is 32.2. The van der Waals surface area contributed by atoms with Crippen molar-refractivity contribution in [3.8, 4) is 0 Å². The van der Waals surface area contributed by atoms with Crippen LogP contribution in [0.25, 0.3) is 0 Å². The van der Waals surface area contributed by atoms with Gasteiger partial charge in [-0.05, 0) is 44.9 Å². The van der Waals surface area contributed by atoms with Gasteiger partial charge in [0.25, 0.3) is 0 Å². The lowest BCUT2D eigenvalue weighted by atomic mass is 9.86. The van der Waals surface area contributed by atoms with Crippen molar-refractivity contribution in [2.75, 3.05) is 18.8 Å². The molecule has 0 spiro atoms. The zero-order valence-electron chi connectivity index (χ0n) is 14.3. The van der Waals surface area contributed by atoms with E-state index < -0.39 is 16.0 Å². The average molecular weight is 388 g/mol. The molecule has 0 amide bonds. The van der Waals surface area contributed by atoms with Crippen molar-refractivity contribution in [3.63, 3.8) is 0 Å². The van der Waals surface area contributed by atoms with Gasteiger partial charge in [-0.2, -0.15) is 0 Å². The third-order valence-electron chi connectivity index (χ3n) is 4.95. The van der Waals surface area contributed by atoms with Gasteiger partial charge in [-0.3, -0.25) is 9.69 Å². The highest BCUT2D eigenvalue weighted by Gasteiger charge is 2.38. The Morgan fingerprint density at radius 3 is 2.72 bits per heavy atom. The number of nitrogens with one attached hydrogen (secondary N) is 1. The molecule has 0 aliphatic heterocycles. The van der Waals surface area contributed by atoms with Crippen molar-refractivity contribution >= 4 is 27.3 Å². The molecule has 3 rings (SSSR count). The molecule has 0 atom stereocenters. The van der Waals surface area contributed by atoms with Gasteiger partial charge in [0.15, 0.2) is 0 Å². The zero-order chi connectivity index (χ0) is 18.0. The molecule has 1 heterocycles. The molecule has 1 aromatic heterocycles. The Hall–Kier alpha value is -1.03. The molecule has 0 saturated heterocycles. The first-order chi connectivity index (χ1) is 11.8. The average Bonchev–Trinajstić information content (AvgIpc) is 3.19. The SMILES string of the molecule is Cc1ncsc1CCS(=O)(=O)NC1CC(N(CC(=O)O)CC2CC2)C1. The third kappa shape index (κ3) is 5.47. The standard InChI is InChI=1S/C16H25N3O4S2/c1-11-15(24-10-17-11)4-5-25(22,23)18-13-6-14(7-13)19(9-16(20)21)8-12-2-3-12/h10,12-14,18H,2-9H2,1H3,(H,20,21). The molecule has 2 saturated carbocycles. The maximum Gasteiger partial charge on any atom is 0.317 e. The van der Waals surface area contributed by atoms with E-state index in [4.69, 9.17) is 5.11 Å². The Labute approximate surface area is 152 Å². The second-order valence-electron chi connectivity index (χ2n) is 7.14. The van der Waals surface area contributed by atoms with Gasteiger partial charge in [-0.1, -0.05) is 0 Å². The van der Waals surface area contributed by atoms with Crippen LogP contribution in [0.15, 0.2) is 5.51 Å². The fourth-order valence-corrected chi connectivity index (χ4v) is 5.44. The van der Waals surface area contributed by atoms with Gasteiger partial charge in [0.2, 0.25) is 10.0 Å². The zero-order valence-corrected chi connectivity index (χ0v) is 16.0. The van der Waals surface area contributed by atoms with Crippen LogP contribution >= 0.6 is 11.3 Å². The predicted octanol–water partition coefficient (Wildman–Crippen LogP) is 1.24. The van der Waals surface area contributed by atoms with E-state index in [0.29, 0.717) is 25.2 Å². The van der Waals surface area contributed by atoms with E-state index in [1.54, 1.807) is 5.51 Å². The van der Waals surface area contributed by atoms with E-state index >= 15 is 0 Å². The Morgan fingerprint density at radius 2 is 2.16 bits per heavy atom. The first kappa shape index (κ1) is 18.8. The molecule has 0 aromatic carbocycles. The number of nitrogens with zero attached hydrogens (tertiary/aromatic N) is 2. The van der Waals surface area contributed by atoms with E-state index in [0.717, 1.165) is 17.1 Å². The smallest absolute Gasteiger partial charge is 0.317 e. The molecular weight excluding hydrogens is 362 g/mol. The monoisotopic (exact) mass is 387 g/mol. The van der Waals surface area contributed by atoms with Crippen LogP contribution in [0.3, 0.4) is 0 Å². The molecular formula is C16H25N3O4S2. The van der Waals surface area contributed by atoms with Crippen LogP contribution in [0.4, 0.5) is 0 Å². The highest BCUT2D eigenvalue weighted by Crippen LogP contribution is 2.34. The molecule has 2 aliphatic rings. The molecule has 2 N–H and O–H groups in total. The molecule has 0 unspecified atom stereocenters. The van der Waals surface area contributed by atoms with Gasteiger partial charge < -0.3 is 5.11 Å². The Balaban J connectivity index is 1.44. The van der Waals surface area contributed by atoms with Crippen LogP contribution in [0.1, 0.15) is 36.3 Å². The van der Waals surface area contributed by atoms with Crippen molar-refractivity contribution in [2.45, 2.75) is 51.1 Å². The lowest BCUT2D eigenvalue weighted by Crippen LogP contribution is -2.55. The number of thiazole rings is 1. The summed E-state index contributed by atoms with van der Waals surface area (Å²) in [5, 5.41) is 9.06. The van der Waals surface area contributed by atoms with Crippen LogP contribution in [-0.2, 0) is 21.2 Å². The quantitative estimate of drug-likeness (QED) is 0.627. The minimum Gasteiger partial charge on any atom is -0.480 e. The molecule has 0 bridgehead atoms. The molecule has 0 radical (unpaired) electrons. The number of carboxylic acid groups (broad SMARTS) is 1. The van der Waals surface area contributed by atoms with Crippen LogP contribution in [0.5, 0.6) is 0 Å². The van der Waals surface area contributed by atoms with E-state index in [9.17, 15) is 13.2 Å². The van der Waals surface area contributed by atoms with Crippen LogP contribution < -0.4 is 4.72 Å². The summed E-state index contributed by atoms with van der Waals surface area (Å²) in [5.41, 5.74) is 2.63. The minimum absolute atomic E-state index is 0.0469. The number of aliphatic carboxylic acids is 1. The number of rotatable bonds is 10. The Morgan fingerprint density at radius 1 is 1.44 bits per heavy atom. The largest absolute Gasteiger partial charge is 0.480 e. The summed E-state index contributed by atoms with van der Waals surface area (Å²) in [4.78, 5) is 18.2. The van der Waals surface area contributed by atoms with Crippen LogP contribution in [-0.4, -0.2) is 60.3 Å². The molecule has 25 heavy (non-hydrogen) atoms. The first-order valence-electron chi connectivity index (χ1n) is 8.67. The lowest BCUT2D eigenvalue weighted by Gasteiger charge is -2.42. The lowest BCUT2D eigenvalue weighted by molar-refractivity contribution is -0.139. The fourth-order valence-electron chi connectivity index (χ4n) is 3.24. The van der Waals surface area contributed by atoms with Crippen molar-refractivity contribution < 1.29 is 18.3 Å². The molecule has 140 valence electrons. The Kier molecular flexibility index (Phi) is 5.77. The number of hydrogen-bond donors (Lipinski definition) is 2. The fraction of sp³-hybridized carbons (Fsp3) is 0.750. The summed E-state index contributed by atoms with van der Waals surface area (Å²) in [6.07, 6.45) is 4.22. The normalized spacial score (nSPS) is 23.6. The van der Waals surface area contributed by atoms with Gasteiger partial charge in [0.05, 0.1) is 23.5 Å². The topological polar surface area (TPSA) is 99.6 Å². The number of aromatic nitrogens is 1. The molecule has 9 heteroatoms. The maximum absolute atomic E-state index is 12.2. The molecule has 2 aliphatic carbocycles. The van der Waals surface area contributed by atoms with Crippen molar-refractivity contribution in [2.24, 2.45) is 5.92 Å². The molecule has 7 nitrogen and oxygen atoms in total. The van der Waals surface area contributed by atoms with Gasteiger partial charge in [-0.15, -0.1) is 11.3 Å². The predicted molar refractivity (Wildman–Crippen MR) is 96.2 cm³/mol. The summed E-state index contributed by atoms with van der Waals surface area (Å²) < 4.78 is 27.3. The van der Waals surface area contributed by atoms with Crippen molar-refractivity contribution in [3.05, 3.63) is 16.1 Å². The number of aryl methyl sites for hydroxylation is 2. The summed E-state index contributed by atoms with van der Waals surface area (Å²) in [7, 11) is -3.32. The Bertz CT molecular complexity index is 709. The van der Waals surface area contributed by atoms with Gasteiger partial charge in [-0.25, -0.2) is 18.1 Å². The summed E-state index contributed by atoms with van der Waals surface area (Å²) >= 11 is 1.48. The number of hydrogen-bond acceptors (Lipinski definition) is 6. The van der Waals surface area contributed by atoms with Crippen molar-refractivity contribution in [1.29, 1.82) is 0 Å². The number of carboxylic acids is 1. The van der Waals surface area contributed by atoms with E-state index in [-0.39, 0.29) is 24.4 Å². The molecule has 1 aromatic rings. The maximum atomic E-state index is 12.2. The van der Waals surface area contributed by atoms with Gasteiger partial charge >= 0.3 is 5.97 Å². The highest BCUT2D eigenvalue weighted by molar-refractivity contribution is 7.89. The summed E-state index contributed by atoms with van der Waals surface area (Å²) in [6.45, 7) is 2.76. The second kappa shape index (κ2) is 7.69. The minimum atomic E-state index is -3.32. The van der Waals surface area contributed by atoms with Crippen LogP contribution in [0, 0.1) is 12.8 Å². The van der Waals surface area contributed by atoms with Crippen molar-refractivity contribution in [1.82, 2.24) is 14.6 Å². The van der Waals surface area contributed by atoms with Crippen LogP contribution in [0.2, 0.25) is 0 Å². The third-order valence-corrected chi connectivity index (χ3v) is 7.38. The number of carbonyl (C=O) groups is 1. The van der Waals surface area contributed by atoms with Gasteiger partial charge in [0.1, 0.15) is 0 Å². The number of sulfonamides is 1. The van der Waals surface area contributed by atoms with E-state index in [2.05, 4.69) is 9.71 Å². The van der Waals surface area contributed by atoms with E-state index in [1.807, 2.05) is 11.8 Å². The summed E-state index contributed by atoms with van der Waals surface area (Å²) in [5.74, 6) is -0.125. The summed E-state index contributed by atoms with van der Waals surface area (Å²) in [6, 6.07) is 0.0983. The second-order valence-corrected chi connectivity index (χ2v) is 9.95. The van der Waals surface area contributed by atoms with E-state index in [1.165, 1.54) is 24.2 Å². The van der Waals surface area contributed by atoms with Gasteiger partial charge in [0, 0.05) is 23.5 Å².